The van der Waals surface area contributed by atoms with Gasteiger partial charge in [0.2, 0.25) is 10.0 Å². The molecule has 1 atom stereocenters. The number of benzene rings is 1. The van der Waals surface area contributed by atoms with Crippen molar-refractivity contribution in [3.05, 3.63) is 46.8 Å². The van der Waals surface area contributed by atoms with Crippen molar-refractivity contribution in [1.82, 2.24) is 15.1 Å². The van der Waals surface area contributed by atoms with Crippen molar-refractivity contribution in [2.24, 2.45) is 16.5 Å². The monoisotopic (exact) mass is 504 g/mol. The van der Waals surface area contributed by atoms with E-state index in [1.54, 1.807) is 0 Å². The van der Waals surface area contributed by atoms with E-state index in [0.29, 0.717) is 38.3 Å². The lowest BCUT2D eigenvalue weighted by Gasteiger charge is -2.36. The van der Waals surface area contributed by atoms with Crippen molar-refractivity contribution in [3.63, 3.8) is 0 Å². The number of hydrogen-bond acceptors (Lipinski definition) is 7. The third kappa shape index (κ3) is 5.57. The lowest BCUT2D eigenvalue weighted by Crippen LogP contribution is -2.41. The molecule has 2 aliphatic heterocycles. The number of nitrogens with zero attached hydrogens (tertiary/aromatic N) is 2. The first-order valence-corrected chi connectivity index (χ1v) is 13.4. The van der Waals surface area contributed by atoms with Gasteiger partial charge in [0.25, 0.3) is 5.91 Å². The van der Waals surface area contributed by atoms with Gasteiger partial charge in [-0.25, -0.2) is 18.4 Å². The predicted octanol–water partition coefficient (Wildman–Crippen LogP) is 1.67. The highest BCUT2D eigenvalue weighted by molar-refractivity contribution is 7.89. The number of sulfonamides is 1. The number of esters is 1. The average molecular weight is 505 g/mol. The highest BCUT2D eigenvalue weighted by Crippen LogP contribution is 2.37. The first kappa shape index (κ1) is 25.3. The predicted molar refractivity (Wildman–Crippen MR) is 127 cm³/mol. The summed E-state index contributed by atoms with van der Waals surface area (Å²) in [6.45, 7) is 6.49. The molecule has 10 nitrogen and oxygen atoms in total. The van der Waals surface area contributed by atoms with E-state index in [1.165, 1.54) is 24.3 Å². The fourth-order valence-electron chi connectivity index (χ4n) is 4.77. The summed E-state index contributed by atoms with van der Waals surface area (Å²) in [6.07, 6.45) is 3.14. The van der Waals surface area contributed by atoms with Crippen LogP contribution in [0.4, 0.5) is 0 Å². The van der Waals surface area contributed by atoms with Crippen molar-refractivity contribution in [3.8, 4) is 0 Å². The molecule has 1 aromatic carbocycles. The smallest absolute Gasteiger partial charge is 0.338 e. The van der Waals surface area contributed by atoms with E-state index >= 15 is 0 Å². The number of ether oxygens (including phenoxy) is 2. The zero-order valence-electron chi connectivity index (χ0n) is 20.1. The van der Waals surface area contributed by atoms with E-state index in [0.717, 1.165) is 30.7 Å². The average Bonchev–Trinajstić information content (AvgIpc) is 3.10. The molecule has 1 spiro atoms. The first-order chi connectivity index (χ1) is 16.6. The molecule has 4 rings (SSSR count). The molecule has 0 saturated carbocycles. The van der Waals surface area contributed by atoms with Gasteiger partial charge in [-0.15, -0.1) is 0 Å². The standard InChI is InChI=1S/C24H32N4O6S/c1-3-19-21-20(12-24(15-26-22(21)29)7-9-33-10-8-24)28(27-19)13-16(2)14-34-23(30)17-5-4-6-18(11-17)35(25,31)32/h4-6,11,16H,3,7-10,12-15H2,1-2H3,(H,26,29)(H2,25,31,32)/t16-/m1/s1. The summed E-state index contributed by atoms with van der Waals surface area (Å²) in [5.74, 6) is -0.803. The van der Waals surface area contributed by atoms with Crippen LogP contribution in [0.15, 0.2) is 29.2 Å². The van der Waals surface area contributed by atoms with Crippen molar-refractivity contribution < 1.29 is 27.5 Å². The molecule has 2 aromatic rings. The number of primary sulfonamides is 1. The number of fused-ring (bicyclic) bond motifs is 1. The SMILES string of the molecule is CCc1nn(C[C@@H](C)COC(=O)c2cccc(S(N)(=O)=O)c2)c2c1C(=O)NCC1(CCOCC1)C2. The lowest BCUT2D eigenvalue weighted by molar-refractivity contribution is 0.0151. The molecule has 190 valence electrons. The third-order valence-electron chi connectivity index (χ3n) is 6.79. The van der Waals surface area contributed by atoms with E-state index < -0.39 is 16.0 Å². The Morgan fingerprint density at radius 3 is 2.77 bits per heavy atom. The summed E-state index contributed by atoms with van der Waals surface area (Å²) in [5, 5.41) is 13.0. The molecule has 11 heteroatoms. The van der Waals surface area contributed by atoms with Crippen molar-refractivity contribution in [2.75, 3.05) is 26.4 Å². The summed E-state index contributed by atoms with van der Waals surface area (Å²) >= 11 is 0. The van der Waals surface area contributed by atoms with Crippen LogP contribution in [0.2, 0.25) is 0 Å². The van der Waals surface area contributed by atoms with Gasteiger partial charge in [0.15, 0.2) is 0 Å². The second kappa shape index (κ2) is 10.1. The van der Waals surface area contributed by atoms with Crippen LogP contribution in [-0.4, -0.2) is 56.4 Å². The molecule has 1 fully saturated rings. The maximum Gasteiger partial charge on any atom is 0.338 e. The molecule has 1 amide bonds. The van der Waals surface area contributed by atoms with Gasteiger partial charge >= 0.3 is 5.97 Å². The highest BCUT2D eigenvalue weighted by atomic mass is 32.2. The lowest BCUT2D eigenvalue weighted by atomic mass is 9.76. The Balaban J connectivity index is 1.49. The van der Waals surface area contributed by atoms with E-state index in [1.807, 2.05) is 18.5 Å². The van der Waals surface area contributed by atoms with E-state index in [-0.39, 0.29) is 34.3 Å². The molecule has 1 saturated heterocycles. The van der Waals surface area contributed by atoms with E-state index in [9.17, 15) is 18.0 Å². The van der Waals surface area contributed by atoms with Gasteiger partial charge in [-0.05, 0) is 49.3 Å². The van der Waals surface area contributed by atoms with Crippen LogP contribution in [0, 0.1) is 11.3 Å². The number of aromatic nitrogens is 2. The van der Waals surface area contributed by atoms with Gasteiger partial charge in [-0.1, -0.05) is 19.9 Å². The van der Waals surface area contributed by atoms with E-state index in [2.05, 4.69) is 5.32 Å². The Morgan fingerprint density at radius 1 is 1.34 bits per heavy atom. The maximum atomic E-state index is 13.0. The number of carbonyl (C=O) groups excluding carboxylic acids is 2. The van der Waals surface area contributed by atoms with Gasteiger partial charge in [0, 0.05) is 32.2 Å². The van der Waals surface area contributed by atoms with Crippen molar-refractivity contribution >= 4 is 21.9 Å². The first-order valence-electron chi connectivity index (χ1n) is 11.9. The third-order valence-corrected chi connectivity index (χ3v) is 7.70. The molecular weight excluding hydrogens is 472 g/mol. The van der Waals surface area contributed by atoms with Crippen LogP contribution in [0.25, 0.3) is 0 Å². The molecular formula is C24H32N4O6S. The zero-order chi connectivity index (χ0) is 25.2. The van der Waals surface area contributed by atoms with Crippen LogP contribution < -0.4 is 10.5 Å². The van der Waals surface area contributed by atoms with Gasteiger partial charge in [0.1, 0.15) is 0 Å². The van der Waals surface area contributed by atoms with Gasteiger partial charge in [0.05, 0.1) is 34.0 Å². The number of hydrogen-bond donors (Lipinski definition) is 2. The Bertz CT molecular complexity index is 1220. The molecule has 0 aliphatic carbocycles. The van der Waals surface area contributed by atoms with Crippen LogP contribution in [0.1, 0.15) is 58.8 Å². The minimum atomic E-state index is -3.92. The molecule has 3 N–H and O–H groups in total. The summed E-state index contributed by atoms with van der Waals surface area (Å²) in [4.78, 5) is 25.3. The number of nitrogens with one attached hydrogen (secondary N) is 1. The van der Waals surface area contributed by atoms with Gasteiger partial charge < -0.3 is 14.8 Å². The molecule has 0 bridgehead atoms. The van der Waals surface area contributed by atoms with Crippen LogP contribution in [-0.2, 0) is 38.9 Å². The minimum absolute atomic E-state index is 0.0496. The van der Waals surface area contributed by atoms with Crippen LogP contribution in [0.5, 0.6) is 0 Å². The molecule has 2 aliphatic rings. The van der Waals surface area contributed by atoms with Gasteiger partial charge in [-0.2, -0.15) is 5.10 Å². The number of nitrogens with two attached hydrogens (primary N) is 1. The van der Waals surface area contributed by atoms with Crippen molar-refractivity contribution in [1.29, 1.82) is 0 Å². The van der Waals surface area contributed by atoms with Gasteiger partial charge in [-0.3, -0.25) is 9.48 Å². The number of amides is 1. The fourth-order valence-corrected chi connectivity index (χ4v) is 5.33. The molecule has 1 aromatic heterocycles. The molecule has 3 heterocycles. The number of rotatable bonds is 7. The van der Waals surface area contributed by atoms with E-state index in [4.69, 9.17) is 19.7 Å². The summed E-state index contributed by atoms with van der Waals surface area (Å²) in [7, 11) is -3.92. The Kier molecular flexibility index (Phi) is 7.30. The molecule has 0 radical (unpaired) electrons. The molecule has 0 unspecified atom stereocenters. The summed E-state index contributed by atoms with van der Waals surface area (Å²) in [6, 6.07) is 5.46. The van der Waals surface area contributed by atoms with Crippen molar-refractivity contribution in [2.45, 2.75) is 51.0 Å². The quantitative estimate of drug-likeness (QED) is 0.546. The van der Waals surface area contributed by atoms with Crippen LogP contribution >= 0.6 is 0 Å². The Morgan fingerprint density at radius 2 is 2.09 bits per heavy atom. The minimum Gasteiger partial charge on any atom is -0.462 e. The second-order valence-corrected chi connectivity index (χ2v) is 11.1. The maximum absolute atomic E-state index is 13.0. The Hall–Kier alpha value is -2.76. The normalized spacial score (nSPS) is 18.4. The topological polar surface area (TPSA) is 143 Å². The largest absolute Gasteiger partial charge is 0.462 e. The summed E-state index contributed by atoms with van der Waals surface area (Å²) in [5.41, 5.74) is 2.43. The molecule has 35 heavy (non-hydrogen) atoms. The second-order valence-electron chi connectivity index (χ2n) is 9.55. The fraction of sp³-hybridized carbons (Fsp3) is 0.542. The van der Waals surface area contributed by atoms with Crippen LogP contribution in [0.3, 0.4) is 0 Å². The zero-order valence-corrected chi connectivity index (χ0v) is 20.9. The summed E-state index contributed by atoms with van der Waals surface area (Å²) < 4.78 is 36.0. The number of aryl methyl sites for hydroxylation is 1. The number of carbonyl (C=O) groups is 2. The Labute approximate surface area is 205 Å². The highest BCUT2D eigenvalue weighted by Gasteiger charge is 2.39.